The van der Waals surface area contributed by atoms with Crippen molar-refractivity contribution in [1.29, 1.82) is 0 Å². The van der Waals surface area contributed by atoms with E-state index in [2.05, 4.69) is 5.32 Å². The average Bonchev–Trinajstić information content (AvgIpc) is 2.61. The number of carbonyl (C=O) groups excluding carboxylic acids is 1. The Morgan fingerprint density at radius 2 is 1.92 bits per heavy atom. The van der Waals surface area contributed by atoms with Crippen molar-refractivity contribution in [2.24, 2.45) is 0 Å². The lowest BCUT2D eigenvalue weighted by molar-refractivity contribution is 0.102. The Balaban J connectivity index is 1.81. The van der Waals surface area contributed by atoms with Crippen LogP contribution in [0.3, 0.4) is 0 Å². The monoisotopic (exact) mass is 374 g/mol. The van der Waals surface area contributed by atoms with Crippen molar-refractivity contribution in [3.05, 3.63) is 53.6 Å². The van der Waals surface area contributed by atoms with E-state index in [0.29, 0.717) is 35.8 Å². The van der Waals surface area contributed by atoms with Gasteiger partial charge >= 0.3 is 0 Å². The van der Waals surface area contributed by atoms with Crippen molar-refractivity contribution >= 4 is 27.3 Å². The summed E-state index contributed by atoms with van der Waals surface area (Å²) in [6, 6.07) is 12.3. The van der Waals surface area contributed by atoms with Gasteiger partial charge < -0.3 is 10.1 Å². The van der Waals surface area contributed by atoms with Gasteiger partial charge in [-0.2, -0.15) is 0 Å². The predicted molar refractivity (Wildman–Crippen MR) is 103 cm³/mol. The van der Waals surface area contributed by atoms with Crippen LogP contribution in [0.4, 0.5) is 11.4 Å². The van der Waals surface area contributed by atoms with Gasteiger partial charge in [-0.3, -0.25) is 9.10 Å². The molecule has 0 unspecified atom stereocenters. The van der Waals surface area contributed by atoms with Crippen molar-refractivity contribution in [1.82, 2.24) is 0 Å². The van der Waals surface area contributed by atoms with Crippen LogP contribution in [0.15, 0.2) is 42.5 Å². The second-order valence-electron chi connectivity index (χ2n) is 6.19. The van der Waals surface area contributed by atoms with E-state index >= 15 is 0 Å². The molecule has 3 rings (SSSR count). The molecule has 0 bridgehead atoms. The zero-order valence-corrected chi connectivity index (χ0v) is 15.7. The van der Waals surface area contributed by atoms with Crippen LogP contribution in [0.2, 0.25) is 0 Å². The largest absolute Gasteiger partial charge is 0.494 e. The quantitative estimate of drug-likeness (QED) is 0.873. The molecule has 1 amide bonds. The molecule has 1 aliphatic heterocycles. The molecule has 7 heteroatoms. The molecule has 0 atom stereocenters. The highest BCUT2D eigenvalue weighted by Gasteiger charge is 2.24. The highest BCUT2D eigenvalue weighted by Crippen LogP contribution is 2.31. The number of nitrogens with zero attached hydrogens (tertiary/aromatic N) is 1. The molecule has 0 aromatic heterocycles. The summed E-state index contributed by atoms with van der Waals surface area (Å²) in [6.45, 7) is 2.93. The van der Waals surface area contributed by atoms with E-state index < -0.39 is 10.0 Å². The van der Waals surface area contributed by atoms with Crippen molar-refractivity contribution in [3.8, 4) is 5.75 Å². The molecule has 138 valence electrons. The molecule has 0 spiro atoms. The Morgan fingerprint density at radius 1 is 1.19 bits per heavy atom. The molecule has 0 fully saturated rings. The van der Waals surface area contributed by atoms with Crippen molar-refractivity contribution in [2.75, 3.05) is 29.0 Å². The molecule has 1 N–H and O–H groups in total. The second-order valence-corrected chi connectivity index (χ2v) is 8.10. The Morgan fingerprint density at radius 3 is 2.58 bits per heavy atom. The number of aryl methyl sites for hydroxylation is 1. The summed E-state index contributed by atoms with van der Waals surface area (Å²) in [7, 11) is -3.34. The van der Waals surface area contributed by atoms with Crippen LogP contribution >= 0.6 is 0 Å². The number of amides is 1. The SMILES string of the molecule is CCOc1ccc(C(=O)Nc2ccc3c(c2)N(S(C)(=O)=O)CCC3)cc1. The molecule has 2 aromatic carbocycles. The number of hydrogen-bond donors (Lipinski definition) is 1. The number of rotatable bonds is 5. The maximum Gasteiger partial charge on any atom is 0.255 e. The van der Waals surface area contributed by atoms with E-state index in [0.717, 1.165) is 18.4 Å². The fourth-order valence-electron chi connectivity index (χ4n) is 3.04. The van der Waals surface area contributed by atoms with Crippen LogP contribution in [0.25, 0.3) is 0 Å². The molecule has 0 aliphatic carbocycles. The number of nitrogens with one attached hydrogen (secondary N) is 1. The Bertz CT molecular complexity index is 908. The van der Waals surface area contributed by atoms with Gasteiger partial charge in [-0.15, -0.1) is 0 Å². The maximum absolute atomic E-state index is 12.4. The fourth-order valence-corrected chi connectivity index (χ4v) is 4.02. The molecule has 0 radical (unpaired) electrons. The number of benzene rings is 2. The summed E-state index contributed by atoms with van der Waals surface area (Å²) < 4.78 is 30.8. The lowest BCUT2D eigenvalue weighted by atomic mass is 10.0. The summed E-state index contributed by atoms with van der Waals surface area (Å²) in [6.07, 6.45) is 2.82. The zero-order valence-electron chi connectivity index (χ0n) is 14.9. The summed E-state index contributed by atoms with van der Waals surface area (Å²) >= 11 is 0. The molecule has 1 heterocycles. The Labute approximate surface area is 153 Å². The zero-order chi connectivity index (χ0) is 18.7. The molecule has 26 heavy (non-hydrogen) atoms. The molecule has 0 saturated heterocycles. The lowest BCUT2D eigenvalue weighted by Crippen LogP contribution is -2.34. The first-order valence-corrected chi connectivity index (χ1v) is 10.4. The predicted octanol–water partition coefficient (Wildman–Crippen LogP) is 3.05. The number of hydrogen-bond acceptors (Lipinski definition) is 4. The maximum atomic E-state index is 12.4. The number of ether oxygens (including phenoxy) is 1. The first-order chi connectivity index (χ1) is 12.4. The van der Waals surface area contributed by atoms with Gasteiger partial charge in [0.05, 0.1) is 18.6 Å². The smallest absolute Gasteiger partial charge is 0.255 e. The van der Waals surface area contributed by atoms with Crippen LogP contribution in [0, 0.1) is 0 Å². The Hall–Kier alpha value is -2.54. The van der Waals surface area contributed by atoms with E-state index in [1.54, 1.807) is 36.4 Å². The van der Waals surface area contributed by atoms with Gasteiger partial charge in [0, 0.05) is 17.8 Å². The normalized spacial score (nSPS) is 13.8. The highest BCUT2D eigenvalue weighted by molar-refractivity contribution is 7.92. The molecule has 1 aliphatic rings. The van der Waals surface area contributed by atoms with E-state index in [4.69, 9.17) is 4.74 Å². The van der Waals surface area contributed by atoms with Crippen LogP contribution < -0.4 is 14.4 Å². The van der Waals surface area contributed by atoms with Crippen LogP contribution in [-0.4, -0.2) is 33.7 Å². The third kappa shape index (κ3) is 3.99. The minimum absolute atomic E-state index is 0.255. The molecule has 0 saturated carbocycles. The topological polar surface area (TPSA) is 75.7 Å². The van der Waals surface area contributed by atoms with Gasteiger partial charge in [0.25, 0.3) is 5.91 Å². The number of anilines is 2. The van der Waals surface area contributed by atoms with Gasteiger partial charge in [-0.1, -0.05) is 6.07 Å². The second kappa shape index (κ2) is 7.37. The van der Waals surface area contributed by atoms with E-state index in [9.17, 15) is 13.2 Å². The molecule has 2 aromatic rings. The average molecular weight is 374 g/mol. The van der Waals surface area contributed by atoms with Crippen LogP contribution in [-0.2, 0) is 16.4 Å². The molecule has 6 nitrogen and oxygen atoms in total. The third-order valence-electron chi connectivity index (χ3n) is 4.25. The number of fused-ring (bicyclic) bond motifs is 1. The summed E-state index contributed by atoms with van der Waals surface area (Å²) in [5, 5.41) is 2.83. The minimum atomic E-state index is -3.34. The van der Waals surface area contributed by atoms with Crippen LogP contribution in [0.1, 0.15) is 29.3 Å². The summed E-state index contributed by atoms with van der Waals surface area (Å²) in [4.78, 5) is 12.4. The highest BCUT2D eigenvalue weighted by atomic mass is 32.2. The fraction of sp³-hybridized carbons (Fsp3) is 0.316. The number of carbonyl (C=O) groups is 1. The molecular weight excluding hydrogens is 352 g/mol. The van der Waals surface area contributed by atoms with Crippen molar-refractivity contribution in [2.45, 2.75) is 19.8 Å². The Kier molecular flexibility index (Phi) is 5.18. The van der Waals surface area contributed by atoms with Crippen molar-refractivity contribution < 1.29 is 17.9 Å². The van der Waals surface area contributed by atoms with E-state index in [1.807, 2.05) is 13.0 Å². The first kappa shape index (κ1) is 18.3. The van der Waals surface area contributed by atoms with Gasteiger partial charge in [0.15, 0.2) is 0 Å². The van der Waals surface area contributed by atoms with Crippen LogP contribution in [0.5, 0.6) is 5.75 Å². The van der Waals surface area contributed by atoms with Gasteiger partial charge in [0.2, 0.25) is 10.0 Å². The molecular formula is C19H22N2O4S. The summed E-state index contributed by atoms with van der Waals surface area (Å²) in [5.74, 6) is 0.455. The number of sulfonamides is 1. The minimum Gasteiger partial charge on any atom is -0.494 e. The summed E-state index contributed by atoms with van der Waals surface area (Å²) in [5.41, 5.74) is 2.69. The first-order valence-electron chi connectivity index (χ1n) is 8.53. The van der Waals surface area contributed by atoms with E-state index in [-0.39, 0.29) is 5.91 Å². The standard InChI is InChI=1S/C19H22N2O4S/c1-3-25-17-10-7-15(8-11-17)19(22)20-16-9-6-14-5-4-12-21(18(14)13-16)26(2,23)24/h6-11,13H,3-5,12H2,1-2H3,(H,20,22). The van der Waals surface area contributed by atoms with Gasteiger partial charge in [-0.25, -0.2) is 8.42 Å². The van der Waals surface area contributed by atoms with Gasteiger partial charge in [0.1, 0.15) is 5.75 Å². The van der Waals surface area contributed by atoms with Crippen molar-refractivity contribution in [3.63, 3.8) is 0 Å². The third-order valence-corrected chi connectivity index (χ3v) is 5.43. The lowest BCUT2D eigenvalue weighted by Gasteiger charge is -2.29. The van der Waals surface area contributed by atoms with E-state index in [1.165, 1.54) is 10.6 Å². The van der Waals surface area contributed by atoms with Gasteiger partial charge in [-0.05, 0) is 61.7 Å².